The van der Waals surface area contributed by atoms with Gasteiger partial charge in [-0.05, 0) is 36.1 Å². The Bertz CT molecular complexity index is 533. The molecular weight excluding hydrogens is 306 g/mol. The Morgan fingerprint density at radius 3 is 2.27 bits per heavy atom. The highest BCUT2D eigenvalue weighted by Crippen LogP contribution is 2.33. The van der Waals surface area contributed by atoms with Crippen LogP contribution in [-0.2, 0) is 9.59 Å². The summed E-state index contributed by atoms with van der Waals surface area (Å²) in [4.78, 5) is 22.0. The average molecular weight is 328 g/mol. The topological polar surface area (TPSA) is 101 Å². The van der Waals surface area contributed by atoms with Crippen LogP contribution in [0.15, 0.2) is 18.2 Å². The minimum Gasteiger partial charge on any atom is -0.481 e. The lowest BCUT2D eigenvalue weighted by atomic mass is 9.87. The van der Waals surface area contributed by atoms with Gasteiger partial charge in [-0.3, -0.25) is 9.59 Å². The molecule has 5 nitrogen and oxygen atoms in total. The Hall–Kier alpha value is -1.59. The first-order valence-electron chi connectivity index (χ1n) is 7.32. The largest absolute Gasteiger partial charge is 0.481 e. The van der Waals surface area contributed by atoms with Gasteiger partial charge in [0.25, 0.3) is 0 Å². The molecule has 0 fully saturated rings. The lowest BCUT2D eigenvalue weighted by molar-refractivity contribution is -0.138. The molecule has 4 N–H and O–H groups in total. The zero-order chi connectivity index (χ0) is 16.7. The van der Waals surface area contributed by atoms with E-state index in [4.69, 9.17) is 27.5 Å². The van der Waals surface area contributed by atoms with Crippen molar-refractivity contribution in [1.82, 2.24) is 0 Å². The first-order chi connectivity index (χ1) is 10.4. The molecule has 0 aliphatic carbocycles. The van der Waals surface area contributed by atoms with E-state index in [1.54, 1.807) is 12.1 Å². The lowest BCUT2D eigenvalue weighted by Crippen LogP contribution is -2.17. The van der Waals surface area contributed by atoms with E-state index in [0.29, 0.717) is 11.4 Å². The molecule has 6 heteroatoms. The number of halogens is 1. The molecule has 0 aliphatic heterocycles. The normalized spacial score (nSPS) is 13.6. The molecule has 0 saturated heterocycles. The van der Waals surface area contributed by atoms with Gasteiger partial charge in [0.05, 0.1) is 12.8 Å². The third-order valence-corrected chi connectivity index (χ3v) is 4.04. The summed E-state index contributed by atoms with van der Waals surface area (Å²) in [5, 5.41) is 18.5. The molecule has 0 bridgehead atoms. The van der Waals surface area contributed by atoms with Crippen molar-refractivity contribution in [3.8, 4) is 0 Å². The summed E-state index contributed by atoms with van der Waals surface area (Å²) in [7, 11) is 0. The van der Waals surface area contributed by atoms with Gasteiger partial charge in [-0.25, -0.2) is 0 Å². The van der Waals surface area contributed by atoms with Crippen molar-refractivity contribution in [2.24, 2.45) is 5.73 Å². The summed E-state index contributed by atoms with van der Waals surface area (Å²) in [6.45, 7) is 2.20. The first-order valence-corrected chi connectivity index (χ1v) is 7.69. The van der Waals surface area contributed by atoms with E-state index in [0.717, 1.165) is 17.5 Å². The van der Waals surface area contributed by atoms with Gasteiger partial charge < -0.3 is 15.9 Å². The second-order valence-corrected chi connectivity index (χ2v) is 5.80. The van der Waals surface area contributed by atoms with E-state index in [9.17, 15) is 9.59 Å². The van der Waals surface area contributed by atoms with Crippen molar-refractivity contribution in [2.75, 3.05) is 6.54 Å². The van der Waals surface area contributed by atoms with Gasteiger partial charge in [0.2, 0.25) is 0 Å². The SMILES string of the molecule is CCCC(CC(=O)O)c1cc([C@H](CN)CC(=O)O)ccc1Cl. The fraction of sp³-hybridized carbons (Fsp3) is 0.500. The van der Waals surface area contributed by atoms with Crippen molar-refractivity contribution in [2.45, 2.75) is 44.4 Å². The molecule has 0 aromatic heterocycles. The fourth-order valence-electron chi connectivity index (χ4n) is 2.60. The van der Waals surface area contributed by atoms with E-state index in [-0.39, 0.29) is 31.2 Å². The maximum absolute atomic E-state index is 11.0. The Labute approximate surface area is 135 Å². The summed E-state index contributed by atoms with van der Waals surface area (Å²) < 4.78 is 0. The zero-order valence-corrected chi connectivity index (χ0v) is 13.3. The molecule has 1 unspecified atom stereocenters. The lowest BCUT2D eigenvalue weighted by Gasteiger charge is -2.20. The van der Waals surface area contributed by atoms with Crippen LogP contribution in [0.3, 0.4) is 0 Å². The molecule has 0 heterocycles. The van der Waals surface area contributed by atoms with Crippen molar-refractivity contribution in [1.29, 1.82) is 0 Å². The summed E-state index contributed by atoms with van der Waals surface area (Å²) in [5.41, 5.74) is 7.21. The standard InChI is InChI=1S/C16H22ClNO4/c1-2-3-11(7-15(19)20)13-6-10(4-5-14(13)17)12(9-18)8-16(21)22/h4-6,11-12H,2-3,7-9,18H2,1H3,(H,19,20)(H,21,22)/t11?,12-/m0/s1. The summed E-state index contributed by atoms with van der Waals surface area (Å²) in [5.74, 6) is -2.28. The Morgan fingerprint density at radius 2 is 1.77 bits per heavy atom. The number of aliphatic carboxylic acids is 2. The number of carboxylic acids is 2. The van der Waals surface area contributed by atoms with Gasteiger partial charge in [-0.1, -0.05) is 37.1 Å². The van der Waals surface area contributed by atoms with Gasteiger partial charge >= 0.3 is 11.9 Å². The second-order valence-electron chi connectivity index (χ2n) is 5.39. The fourth-order valence-corrected chi connectivity index (χ4v) is 2.88. The van der Waals surface area contributed by atoms with Crippen LogP contribution < -0.4 is 5.73 Å². The van der Waals surface area contributed by atoms with Crippen molar-refractivity contribution < 1.29 is 19.8 Å². The zero-order valence-electron chi connectivity index (χ0n) is 12.6. The third-order valence-electron chi connectivity index (χ3n) is 3.69. The summed E-state index contributed by atoms with van der Waals surface area (Å²) >= 11 is 6.22. The van der Waals surface area contributed by atoms with Crippen LogP contribution in [0.1, 0.15) is 55.6 Å². The molecule has 2 atom stereocenters. The smallest absolute Gasteiger partial charge is 0.304 e. The van der Waals surface area contributed by atoms with Gasteiger partial charge in [0.15, 0.2) is 0 Å². The molecule has 0 radical (unpaired) electrons. The minimum absolute atomic E-state index is 0.00321. The molecule has 0 saturated carbocycles. The Kier molecular flexibility index (Phi) is 7.35. The number of nitrogens with two attached hydrogens (primary N) is 1. The number of hydrogen-bond acceptors (Lipinski definition) is 3. The van der Waals surface area contributed by atoms with Crippen LogP contribution in [0.25, 0.3) is 0 Å². The highest BCUT2D eigenvalue weighted by atomic mass is 35.5. The molecule has 22 heavy (non-hydrogen) atoms. The van der Waals surface area contributed by atoms with Crippen LogP contribution >= 0.6 is 11.6 Å². The monoisotopic (exact) mass is 327 g/mol. The van der Waals surface area contributed by atoms with Gasteiger partial charge in [0.1, 0.15) is 0 Å². The number of carbonyl (C=O) groups is 2. The predicted octanol–water partition coefficient (Wildman–Crippen LogP) is 3.22. The highest BCUT2D eigenvalue weighted by Gasteiger charge is 2.21. The van der Waals surface area contributed by atoms with E-state index in [2.05, 4.69) is 0 Å². The molecular formula is C16H22ClNO4. The maximum atomic E-state index is 11.0. The van der Waals surface area contributed by atoms with Crippen LogP contribution in [0, 0.1) is 0 Å². The molecule has 1 aromatic rings. The van der Waals surface area contributed by atoms with Crippen LogP contribution in [-0.4, -0.2) is 28.7 Å². The number of carboxylic acid groups (broad SMARTS) is 2. The van der Waals surface area contributed by atoms with Crippen molar-refractivity contribution >= 4 is 23.5 Å². The van der Waals surface area contributed by atoms with Gasteiger partial charge in [0, 0.05) is 10.9 Å². The van der Waals surface area contributed by atoms with Crippen LogP contribution in [0.4, 0.5) is 0 Å². The molecule has 1 aromatic carbocycles. The average Bonchev–Trinajstić information content (AvgIpc) is 2.44. The van der Waals surface area contributed by atoms with Gasteiger partial charge in [-0.2, -0.15) is 0 Å². The van der Waals surface area contributed by atoms with E-state index >= 15 is 0 Å². The number of rotatable bonds is 9. The molecule has 122 valence electrons. The van der Waals surface area contributed by atoms with Crippen LogP contribution in [0.2, 0.25) is 5.02 Å². The van der Waals surface area contributed by atoms with Crippen LogP contribution in [0.5, 0.6) is 0 Å². The van der Waals surface area contributed by atoms with Crippen molar-refractivity contribution in [3.05, 3.63) is 34.3 Å². The molecule has 0 aliphatic rings. The second kappa shape index (κ2) is 8.76. The van der Waals surface area contributed by atoms with E-state index in [1.807, 2.05) is 13.0 Å². The summed E-state index contributed by atoms with van der Waals surface area (Å²) in [6.07, 6.45) is 1.49. The quantitative estimate of drug-likeness (QED) is 0.646. The third kappa shape index (κ3) is 5.31. The van der Waals surface area contributed by atoms with E-state index in [1.165, 1.54) is 0 Å². The first kappa shape index (κ1) is 18.5. The number of benzene rings is 1. The minimum atomic E-state index is -0.914. The van der Waals surface area contributed by atoms with Crippen molar-refractivity contribution in [3.63, 3.8) is 0 Å². The summed E-state index contributed by atoms with van der Waals surface area (Å²) in [6, 6.07) is 5.27. The molecule has 1 rings (SSSR count). The van der Waals surface area contributed by atoms with Gasteiger partial charge in [-0.15, -0.1) is 0 Å². The highest BCUT2D eigenvalue weighted by molar-refractivity contribution is 6.31. The molecule has 0 amide bonds. The Morgan fingerprint density at radius 1 is 1.18 bits per heavy atom. The molecule has 0 spiro atoms. The van der Waals surface area contributed by atoms with E-state index < -0.39 is 11.9 Å². The number of hydrogen-bond donors (Lipinski definition) is 3. The predicted molar refractivity (Wildman–Crippen MR) is 85.4 cm³/mol. The Balaban J connectivity index is 3.15. The maximum Gasteiger partial charge on any atom is 0.304 e.